The standard InChI is InChI=1S/C17H26N2O3S/c1-5-23-15-13(9-8-12-18-15)14(20)10-6-7-11-19-16(21)22-17(2,3)4/h8-9,12H,5-7,10-11H2,1-4H3,(H,19,21). The number of carbonyl (C=O) groups is 2. The van der Waals surface area contributed by atoms with E-state index in [2.05, 4.69) is 10.3 Å². The Morgan fingerprint density at radius 3 is 2.70 bits per heavy atom. The van der Waals surface area contributed by atoms with Gasteiger partial charge in [-0.3, -0.25) is 4.79 Å². The predicted octanol–water partition coefficient (Wildman–Crippen LogP) is 4.07. The number of hydrogen-bond acceptors (Lipinski definition) is 5. The van der Waals surface area contributed by atoms with E-state index >= 15 is 0 Å². The van der Waals surface area contributed by atoms with Crippen molar-refractivity contribution in [3.05, 3.63) is 23.9 Å². The maximum absolute atomic E-state index is 12.3. The maximum Gasteiger partial charge on any atom is 0.407 e. The zero-order chi connectivity index (χ0) is 17.3. The van der Waals surface area contributed by atoms with Crippen LogP contribution in [0.25, 0.3) is 0 Å². The molecular formula is C17H26N2O3S. The number of nitrogens with one attached hydrogen (secondary N) is 1. The van der Waals surface area contributed by atoms with Crippen LogP contribution in [0.3, 0.4) is 0 Å². The monoisotopic (exact) mass is 338 g/mol. The molecule has 128 valence electrons. The van der Waals surface area contributed by atoms with E-state index < -0.39 is 11.7 Å². The fourth-order valence-electron chi connectivity index (χ4n) is 1.90. The molecule has 0 aliphatic rings. The summed E-state index contributed by atoms with van der Waals surface area (Å²) in [6.07, 6.45) is 3.21. The zero-order valence-corrected chi connectivity index (χ0v) is 15.2. The normalized spacial score (nSPS) is 11.1. The smallest absolute Gasteiger partial charge is 0.407 e. The minimum absolute atomic E-state index is 0.103. The van der Waals surface area contributed by atoms with Crippen LogP contribution in [0.4, 0.5) is 4.79 Å². The number of amides is 1. The maximum atomic E-state index is 12.3. The molecule has 0 unspecified atom stereocenters. The Kier molecular flexibility index (Phi) is 8.09. The lowest BCUT2D eigenvalue weighted by Crippen LogP contribution is -2.33. The third-order valence-electron chi connectivity index (χ3n) is 2.85. The fraction of sp³-hybridized carbons (Fsp3) is 0.588. The molecule has 23 heavy (non-hydrogen) atoms. The summed E-state index contributed by atoms with van der Waals surface area (Å²) in [5.41, 5.74) is 0.202. The molecule has 0 atom stereocenters. The lowest BCUT2D eigenvalue weighted by atomic mass is 10.1. The van der Waals surface area contributed by atoms with Crippen molar-refractivity contribution < 1.29 is 14.3 Å². The van der Waals surface area contributed by atoms with Crippen LogP contribution in [0.15, 0.2) is 23.4 Å². The fourth-order valence-corrected chi connectivity index (χ4v) is 2.65. The van der Waals surface area contributed by atoms with Crippen LogP contribution in [0, 0.1) is 0 Å². The molecule has 0 bridgehead atoms. The van der Waals surface area contributed by atoms with Crippen molar-refractivity contribution >= 4 is 23.6 Å². The van der Waals surface area contributed by atoms with Gasteiger partial charge in [-0.25, -0.2) is 9.78 Å². The predicted molar refractivity (Wildman–Crippen MR) is 93.1 cm³/mol. The molecule has 0 aliphatic carbocycles. The van der Waals surface area contributed by atoms with E-state index in [9.17, 15) is 9.59 Å². The molecule has 0 saturated heterocycles. The molecule has 0 aliphatic heterocycles. The lowest BCUT2D eigenvalue weighted by Gasteiger charge is -2.19. The number of pyridine rings is 1. The summed E-state index contributed by atoms with van der Waals surface area (Å²) in [5.74, 6) is 0.989. The minimum Gasteiger partial charge on any atom is -0.444 e. The Bertz CT molecular complexity index is 527. The second kappa shape index (κ2) is 9.55. The van der Waals surface area contributed by atoms with Crippen molar-refractivity contribution in [2.75, 3.05) is 12.3 Å². The number of nitrogens with zero attached hydrogens (tertiary/aromatic N) is 1. The van der Waals surface area contributed by atoms with Crippen LogP contribution in [0.1, 0.15) is 57.3 Å². The summed E-state index contributed by atoms with van der Waals surface area (Å²) < 4.78 is 5.15. The van der Waals surface area contributed by atoms with Crippen LogP contribution < -0.4 is 5.32 Å². The van der Waals surface area contributed by atoms with Gasteiger partial charge < -0.3 is 10.1 Å². The number of rotatable bonds is 8. The number of ketones is 1. The molecule has 1 amide bonds. The van der Waals surface area contributed by atoms with E-state index in [1.165, 1.54) is 0 Å². The first-order valence-corrected chi connectivity index (χ1v) is 8.90. The summed E-state index contributed by atoms with van der Waals surface area (Å²) in [7, 11) is 0. The van der Waals surface area contributed by atoms with Crippen LogP contribution in [0.2, 0.25) is 0 Å². The molecule has 6 heteroatoms. The van der Waals surface area contributed by atoms with Crippen LogP contribution in [0.5, 0.6) is 0 Å². The number of ether oxygens (including phenoxy) is 1. The van der Waals surface area contributed by atoms with Crippen molar-refractivity contribution in [3.63, 3.8) is 0 Å². The van der Waals surface area contributed by atoms with Gasteiger partial charge in [0.2, 0.25) is 0 Å². The molecule has 0 spiro atoms. The van der Waals surface area contributed by atoms with E-state index in [0.29, 0.717) is 18.5 Å². The highest BCUT2D eigenvalue weighted by atomic mass is 32.2. The SMILES string of the molecule is CCSc1ncccc1C(=O)CCCCNC(=O)OC(C)(C)C. The zero-order valence-electron chi connectivity index (χ0n) is 14.3. The molecule has 1 N–H and O–H groups in total. The van der Waals surface area contributed by atoms with Gasteiger partial charge in [0.05, 0.1) is 0 Å². The summed E-state index contributed by atoms with van der Waals surface area (Å²) >= 11 is 1.58. The number of Topliss-reactive ketones (excluding diaryl/α,β-unsaturated/α-hetero) is 1. The van der Waals surface area contributed by atoms with Crippen molar-refractivity contribution in [1.82, 2.24) is 10.3 Å². The van der Waals surface area contributed by atoms with E-state index in [-0.39, 0.29) is 5.78 Å². The highest BCUT2D eigenvalue weighted by molar-refractivity contribution is 7.99. The Morgan fingerprint density at radius 2 is 2.04 bits per heavy atom. The minimum atomic E-state index is -0.492. The topological polar surface area (TPSA) is 68.3 Å². The molecule has 1 heterocycles. The summed E-state index contributed by atoms with van der Waals surface area (Å²) in [4.78, 5) is 28.0. The van der Waals surface area contributed by atoms with Crippen molar-refractivity contribution in [1.29, 1.82) is 0 Å². The second-order valence-electron chi connectivity index (χ2n) is 6.10. The lowest BCUT2D eigenvalue weighted by molar-refractivity contribution is 0.0527. The first kappa shape index (κ1) is 19.5. The van der Waals surface area contributed by atoms with Crippen LogP contribution >= 0.6 is 11.8 Å². The Balaban J connectivity index is 2.31. The van der Waals surface area contributed by atoms with Gasteiger partial charge in [0, 0.05) is 24.7 Å². The number of aromatic nitrogens is 1. The largest absolute Gasteiger partial charge is 0.444 e. The molecule has 1 aromatic heterocycles. The third kappa shape index (κ3) is 8.02. The molecule has 1 rings (SSSR count). The van der Waals surface area contributed by atoms with Crippen molar-refractivity contribution in [2.24, 2.45) is 0 Å². The van der Waals surface area contributed by atoms with Crippen LogP contribution in [-0.2, 0) is 4.74 Å². The Labute approximate surface area is 142 Å². The summed E-state index contributed by atoms with van der Waals surface area (Å²) in [6.45, 7) is 8.02. The van der Waals surface area contributed by atoms with Gasteiger partial charge >= 0.3 is 6.09 Å². The molecule has 0 saturated carbocycles. The van der Waals surface area contributed by atoms with Gasteiger partial charge in [-0.1, -0.05) is 6.92 Å². The van der Waals surface area contributed by atoms with E-state index in [1.807, 2.05) is 33.8 Å². The van der Waals surface area contributed by atoms with Crippen LogP contribution in [-0.4, -0.2) is 34.8 Å². The van der Waals surface area contributed by atoms with Gasteiger partial charge in [0.1, 0.15) is 10.6 Å². The molecule has 1 aromatic rings. The molecule has 0 aromatic carbocycles. The highest BCUT2D eigenvalue weighted by Crippen LogP contribution is 2.21. The number of carbonyl (C=O) groups excluding carboxylic acids is 2. The first-order valence-electron chi connectivity index (χ1n) is 7.91. The molecule has 0 fully saturated rings. The number of hydrogen-bond donors (Lipinski definition) is 1. The second-order valence-corrected chi connectivity index (χ2v) is 7.35. The average Bonchev–Trinajstić information content (AvgIpc) is 2.45. The van der Waals surface area contributed by atoms with Gasteiger partial charge in [-0.05, 0) is 51.5 Å². The number of thioether (sulfide) groups is 1. The highest BCUT2D eigenvalue weighted by Gasteiger charge is 2.15. The van der Waals surface area contributed by atoms with E-state index in [4.69, 9.17) is 4.74 Å². The van der Waals surface area contributed by atoms with Crippen molar-refractivity contribution in [3.8, 4) is 0 Å². The quantitative estimate of drug-likeness (QED) is 0.439. The van der Waals surface area contributed by atoms with E-state index in [1.54, 1.807) is 24.0 Å². The van der Waals surface area contributed by atoms with Crippen molar-refractivity contribution in [2.45, 2.75) is 57.6 Å². The Morgan fingerprint density at radius 1 is 1.30 bits per heavy atom. The third-order valence-corrected chi connectivity index (χ3v) is 3.74. The summed E-state index contributed by atoms with van der Waals surface area (Å²) in [5, 5.41) is 3.49. The molecular weight excluding hydrogens is 312 g/mol. The van der Waals surface area contributed by atoms with Gasteiger partial charge in [0.15, 0.2) is 5.78 Å². The van der Waals surface area contributed by atoms with Gasteiger partial charge in [-0.2, -0.15) is 0 Å². The number of alkyl carbamates (subject to hydrolysis) is 1. The summed E-state index contributed by atoms with van der Waals surface area (Å²) in [6, 6.07) is 3.61. The van der Waals surface area contributed by atoms with E-state index in [0.717, 1.165) is 23.6 Å². The van der Waals surface area contributed by atoms with Gasteiger partial charge in [-0.15, -0.1) is 11.8 Å². The Hall–Kier alpha value is -1.56. The average molecular weight is 338 g/mol. The molecule has 0 radical (unpaired) electrons. The van der Waals surface area contributed by atoms with Gasteiger partial charge in [0.25, 0.3) is 0 Å². The number of unbranched alkanes of at least 4 members (excludes halogenated alkanes) is 1. The first-order chi connectivity index (χ1) is 10.8. The molecule has 5 nitrogen and oxygen atoms in total.